The smallest absolute Gasteiger partial charge is 0.225 e. The number of hydrogen-bond donors (Lipinski definition) is 1. The second kappa shape index (κ2) is 8.63. The molecule has 26 heavy (non-hydrogen) atoms. The lowest BCUT2D eigenvalue weighted by atomic mass is 10.1. The average Bonchev–Trinajstić information content (AvgIpc) is 3.08. The number of carbonyl (C=O) groups is 1. The maximum Gasteiger partial charge on any atom is 0.225 e. The largest absolute Gasteiger partial charge is 0.489 e. The monoisotopic (exact) mass is 366 g/mol. The third-order valence-electron chi connectivity index (χ3n) is 3.95. The molecule has 4 nitrogen and oxygen atoms in total. The second-order valence-corrected chi connectivity index (χ2v) is 7.06. The molecule has 134 valence electrons. The van der Waals surface area contributed by atoms with Crippen molar-refractivity contribution >= 4 is 17.2 Å². The molecule has 1 heterocycles. The quantitative estimate of drug-likeness (QED) is 0.672. The van der Waals surface area contributed by atoms with Crippen LogP contribution < -0.4 is 10.1 Å². The highest BCUT2D eigenvalue weighted by molar-refractivity contribution is 7.09. The van der Waals surface area contributed by atoms with Gasteiger partial charge >= 0.3 is 0 Å². The Bertz CT molecular complexity index is 861. The van der Waals surface area contributed by atoms with Gasteiger partial charge in [-0.15, -0.1) is 11.3 Å². The van der Waals surface area contributed by atoms with E-state index in [4.69, 9.17) is 4.74 Å². The van der Waals surface area contributed by atoms with E-state index in [2.05, 4.69) is 10.3 Å². The van der Waals surface area contributed by atoms with Gasteiger partial charge in [-0.25, -0.2) is 4.98 Å². The lowest BCUT2D eigenvalue weighted by Gasteiger charge is -2.14. The van der Waals surface area contributed by atoms with Crippen molar-refractivity contribution in [1.29, 1.82) is 0 Å². The molecule has 3 aromatic rings. The summed E-state index contributed by atoms with van der Waals surface area (Å²) in [5, 5.41) is 5.92. The maximum atomic E-state index is 12.4. The summed E-state index contributed by atoms with van der Waals surface area (Å²) in [6, 6.07) is 17.6. The molecule has 3 rings (SSSR count). The van der Waals surface area contributed by atoms with E-state index in [1.807, 2.05) is 73.8 Å². The van der Waals surface area contributed by atoms with Crippen molar-refractivity contribution in [2.75, 3.05) is 0 Å². The molecular formula is C21H22N2O2S. The fraction of sp³-hybridized carbons (Fsp3) is 0.238. The molecule has 1 aromatic heterocycles. The van der Waals surface area contributed by atoms with Crippen molar-refractivity contribution in [2.24, 2.45) is 0 Å². The highest BCUT2D eigenvalue weighted by Gasteiger charge is 2.14. The van der Waals surface area contributed by atoms with Crippen molar-refractivity contribution in [3.05, 3.63) is 81.8 Å². The molecule has 0 spiro atoms. The van der Waals surface area contributed by atoms with Crippen LogP contribution in [-0.4, -0.2) is 10.9 Å². The third kappa shape index (κ3) is 4.92. The Kier molecular flexibility index (Phi) is 6.02. The highest BCUT2D eigenvalue weighted by atomic mass is 32.1. The molecular weight excluding hydrogens is 344 g/mol. The molecule has 0 saturated heterocycles. The fourth-order valence-corrected chi connectivity index (χ4v) is 3.43. The number of nitrogens with zero attached hydrogens (tertiary/aromatic N) is 1. The predicted octanol–water partition coefficient (Wildman–Crippen LogP) is 4.45. The van der Waals surface area contributed by atoms with Crippen LogP contribution >= 0.6 is 11.3 Å². The highest BCUT2D eigenvalue weighted by Crippen LogP contribution is 2.21. The van der Waals surface area contributed by atoms with E-state index in [0.29, 0.717) is 6.61 Å². The fourth-order valence-electron chi connectivity index (χ4n) is 2.62. The van der Waals surface area contributed by atoms with E-state index < -0.39 is 0 Å². The first-order chi connectivity index (χ1) is 12.6. The van der Waals surface area contributed by atoms with E-state index in [1.165, 1.54) is 0 Å². The summed E-state index contributed by atoms with van der Waals surface area (Å²) in [5.41, 5.74) is 2.95. The minimum atomic E-state index is -0.0985. The van der Waals surface area contributed by atoms with Gasteiger partial charge in [-0.05, 0) is 25.5 Å². The number of para-hydroxylation sites is 1. The van der Waals surface area contributed by atoms with E-state index in [9.17, 15) is 4.79 Å². The Morgan fingerprint density at radius 1 is 1.15 bits per heavy atom. The number of ether oxygens (including phenoxy) is 1. The Morgan fingerprint density at radius 2 is 1.88 bits per heavy atom. The molecule has 0 bridgehead atoms. The van der Waals surface area contributed by atoms with Crippen LogP contribution in [0.3, 0.4) is 0 Å². The van der Waals surface area contributed by atoms with E-state index in [-0.39, 0.29) is 18.4 Å². The summed E-state index contributed by atoms with van der Waals surface area (Å²) in [5.74, 6) is 0.699. The minimum Gasteiger partial charge on any atom is -0.489 e. The lowest BCUT2D eigenvalue weighted by Crippen LogP contribution is -2.28. The second-order valence-electron chi connectivity index (χ2n) is 6.18. The molecule has 0 unspecified atom stereocenters. The standard InChI is InChI=1S/C21H22N2O2S/c1-15-14-26-21(22-15)16(2)23-20(24)12-18-10-6-7-11-19(18)25-13-17-8-4-3-5-9-17/h3-11,14,16H,12-13H2,1-2H3,(H,23,24)/t16-/m0/s1. The van der Waals surface area contributed by atoms with Crippen molar-refractivity contribution in [1.82, 2.24) is 10.3 Å². The zero-order chi connectivity index (χ0) is 18.4. The summed E-state index contributed by atoms with van der Waals surface area (Å²) >= 11 is 1.56. The van der Waals surface area contributed by atoms with Crippen LogP contribution in [0, 0.1) is 6.92 Å². The Morgan fingerprint density at radius 3 is 2.62 bits per heavy atom. The summed E-state index contributed by atoms with van der Waals surface area (Å²) in [7, 11) is 0. The predicted molar refractivity (Wildman–Crippen MR) is 104 cm³/mol. The van der Waals surface area contributed by atoms with Gasteiger partial charge in [0, 0.05) is 16.6 Å². The number of amides is 1. The maximum absolute atomic E-state index is 12.4. The number of aromatic nitrogens is 1. The van der Waals surface area contributed by atoms with Crippen LogP contribution in [0.5, 0.6) is 5.75 Å². The zero-order valence-corrected chi connectivity index (χ0v) is 15.8. The first-order valence-corrected chi connectivity index (χ1v) is 9.46. The molecule has 1 N–H and O–H groups in total. The normalized spacial score (nSPS) is 11.8. The molecule has 0 aliphatic carbocycles. The van der Waals surface area contributed by atoms with Gasteiger partial charge in [-0.1, -0.05) is 48.5 Å². The number of hydrogen-bond acceptors (Lipinski definition) is 4. The van der Waals surface area contributed by atoms with Gasteiger partial charge in [-0.2, -0.15) is 0 Å². The van der Waals surface area contributed by atoms with Crippen LogP contribution in [0.2, 0.25) is 0 Å². The molecule has 1 amide bonds. The number of carbonyl (C=O) groups excluding carboxylic acids is 1. The molecule has 0 aliphatic rings. The molecule has 0 aliphatic heterocycles. The van der Waals surface area contributed by atoms with Crippen molar-refractivity contribution in [3.8, 4) is 5.75 Å². The summed E-state index contributed by atoms with van der Waals surface area (Å²) < 4.78 is 5.93. The molecule has 5 heteroatoms. The third-order valence-corrected chi connectivity index (χ3v) is 5.09. The van der Waals surface area contributed by atoms with E-state index in [0.717, 1.165) is 27.6 Å². The van der Waals surface area contributed by atoms with Crippen molar-refractivity contribution in [2.45, 2.75) is 32.9 Å². The topological polar surface area (TPSA) is 51.2 Å². The Labute approximate surface area is 157 Å². The zero-order valence-electron chi connectivity index (χ0n) is 14.9. The van der Waals surface area contributed by atoms with Crippen LogP contribution in [0.25, 0.3) is 0 Å². The summed E-state index contributed by atoms with van der Waals surface area (Å²) in [6.07, 6.45) is 0.277. The van der Waals surface area contributed by atoms with Crippen molar-refractivity contribution in [3.63, 3.8) is 0 Å². The Hall–Kier alpha value is -2.66. The number of aryl methyl sites for hydroxylation is 1. The van der Waals surface area contributed by atoms with Gasteiger partial charge in [0.25, 0.3) is 0 Å². The van der Waals surface area contributed by atoms with Crippen LogP contribution in [0.4, 0.5) is 0 Å². The van der Waals surface area contributed by atoms with Crippen LogP contribution in [-0.2, 0) is 17.8 Å². The van der Waals surface area contributed by atoms with Crippen LogP contribution in [0.1, 0.15) is 34.8 Å². The number of benzene rings is 2. The van der Waals surface area contributed by atoms with Gasteiger partial charge in [0.2, 0.25) is 5.91 Å². The molecule has 0 fully saturated rings. The van der Waals surface area contributed by atoms with Gasteiger partial charge in [-0.3, -0.25) is 4.79 Å². The van der Waals surface area contributed by atoms with Gasteiger partial charge in [0.1, 0.15) is 17.4 Å². The van der Waals surface area contributed by atoms with E-state index in [1.54, 1.807) is 11.3 Å². The summed E-state index contributed by atoms with van der Waals surface area (Å²) in [4.78, 5) is 16.9. The van der Waals surface area contributed by atoms with Gasteiger partial charge in [0.15, 0.2) is 0 Å². The average molecular weight is 366 g/mol. The number of nitrogens with one attached hydrogen (secondary N) is 1. The molecule has 1 atom stereocenters. The first-order valence-electron chi connectivity index (χ1n) is 8.58. The van der Waals surface area contributed by atoms with Gasteiger partial charge < -0.3 is 10.1 Å². The summed E-state index contributed by atoms with van der Waals surface area (Å²) in [6.45, 7) is 4.39. The Balaban J connectivity index is 1.61. The minimum absolute atomic E-state index is 0.0406. The lowest BCUT2D eigenvalue weighted by molar-refractivity contribution is -0.121. The molecule has 2 aromatic carbocycles. The number of rotatable bonds is 7. The molecule has 0 radical (unpaired) electrons. The SMILES string of the molecule is Cc1csc([C@H](C)NC(=O)Cc2ccccc2OCc2ccccc2)n1. The van der Waals surface area contributed by atoms with Crippen LogP contribution in [0.15, 0.2) is 60.0 Å². The number of thiazole rings is 1. The van der Waals surface area contributed by atoms with E-state index >= 15 is 0 Å². The molecule has 0 saturated carbocycles. The van der Waals surface area contributed by atoms with Crippen molar-refractivity contribution < 1.29 is 9.53 Å². The van der Waals surface area contributed by atoms with Gasteiger partial charge in [0.05, 0.1) is 12.5 Å². The first kappa shape index (κ1) is 18.1.